The number of sulfonamides is 1. The molecule has 0 saturated carbocycles. The lowest BCUT2D eigenvalue weighted by molar-refractivity contribution is 0.310. The van der Waals surface area contributed by atoms with Crippen molar-refractivity contribution >= 4 is 10.0 Å². The maximum absolute atomic E-state index is 12.7. The molecule has 5 nitrogen and oxygen atoms in total. The van der Waals surface area contributed by atoms with Crippen molar-refractivity contribution in [1.29, 1.82) is 0 Å². The second kappa shape index (κ2) is 6.28. The van der Waals surface area contributed by atoms with E-state index in [0.717, 1.165) is 25.8 Å². The highest BCUT2D eigenvalue weighted by Gasteiger charge is 2.40. The molecule has 1 saturated heterocycles. The standard InChI is InChI=1S/C14H24N2O3S/c1-4-12-7-6-11(3)16(12)20(17,18)14-9-8-13(19-14)10-15-5-2/h8-9,11-12,15H,4-7,10H2,1-3H3. The van der Waals surface area contributed by atoms with Crippen molar-refractivity contribution in [1.82, 2.24) is 9.62 Å². The van der Waals surface area contributed by atoms with Crippen LogP contribution in [0.25, 0.3) is 0 Å². The van der Waals surface area contributed by atoms with E-state index in [1.165, 1.54) is 0 Å². The average molecular weight is 300 g/mol. The van der Waals surface area contributed by atoms with Crippen LogP contribution in [0.2, 0.25) is 0 Å². The van der Waals surface area contributed by atoms with Crippen LogP contribution in [0.1, 0.15) is 45.8 Å². The Kier molecular flexibility index (Phi) is 4.88. The smallest absolute Gasteiger partial charge is 0.276 e. The number of hydrogen-bond acceptors (Lipinski definition) is 4. The minimum atomic E-state index is -3.51. The van der Waals surface area contributed by atoms with E-state index < -0.39 is 10.0 Å². The van der Waals surface area contributed by atoms with E-state index >= 15 is 0 Å². The molecular weight excluding hydrogens is 276 g/mol. The van der Waals surface area contributed by atoms with Gasteiger partial charge in [-0.15, -0.1) is 0 Å². The van der Waals surface area contributed by atoms with Crippen molar-refractivity contribution in [2.45, 2.75) is 63.8 Å². The number of rotatable bonds is 6. The number of furan rings is 1. The van der Waals surface area contributed by atoms with Gasteiger partial charge in [-0.05, 0) is 44.9 Å². The summed E-state index contributed by atoms with van der Waals surface area (Å²) in [6.07, 6.45) is 2.69. The van der Waals surface area contributed by atoms with Gasteiger partial charge in [0.05, 0.1) is 6.54 Å². The van der Waals surface area contributed by atoms with Gasteiger partial charge in [0.1, 0.15) is 5.76 Å². The maximum atomic E-state index is 12.7. The Morgan fingerprint density at radius 1 is 1.35 bits per heavy atom. The van der Waals surface area contributed by atoms with Gasteiger partial charge in [-0.3, -0.25) is 0 Å². The molecule has 1 aliphatic rings. The van der Waals surface area contributed by atoms with Gasteiger partial charge in [0, 0.05) is 12.1 Å². The average Bonchev–Trinajstić information content (AvgIpc) is 3.03. The molecule has 1 N–H and O–H groups in total. The summed E-state index contributed by atoms with van der Waals surface area (Å²) in [6.45, 7) is 7.38. The molecular formula is C14H24N2O3S. The van der Waals surface area contributed by atoms with Crippen LogP contribution in [-0.4, -0.2) is 31.4 Å². The molecule has 1 fully saturated rings. The molecule has 20 heavy (non-hydrogen) atoms. The molecule has 1 aliphatic heterocycles. The molecule has 0 amide bonds. The Hall–Kier alpha value is -0.850. The zero-order valence-corrected chi connectivity index (χ0v) is 13.2. The molecule has 0 aliphatic carbocycles. The van der Waals surface area contributed by atoms with Crippen molar-refractivity contribution in [3.63, 3.8) is 0 Å². The van der Waals surface area contributed by atoms with Crippen LogP contribution in [0.15, 0.2) is 21.6 Å². The van der Waals surface area contributed by atoms with Gasteiger partial charge in [0.2, 0.25) is 5.09 Å². The van der Waals surface area contributed by atoms with Crippen molar-refractivity contribution < 1.29 is 12.8 Å². The quantitative estimate of drug-likeness (QED) is 0.876. The molecule has 0 aromatic carbocycles. The van der Waals surface area contributed by atoms with Crippen LogP contribution in [0.5, 0.6) is 0 Å². The highest BCUT2D eigenvalue weighted by molar-refractivity contribution is 7.89. The third-order valence-electron chi connectivity index (χ3n) is 3.90. The zero-order valence-electron chi connectivity index (χ0n) is 12.4. The Bertz CT molecular complexity index is 538. The normalized spacial score (nSPS) is 24.4. The van der Waals surface area contributed by atoms with Gasteiger partial charge in [-0.25, -0.2) is 8.42 Å². The van der Waals surface area contributed by atoms with Gasteiger partial charge >= 0.3 is 0 Å². The summed E-state index contributed by atoms with van der Waals surface area (Å²) in [7, 11) is -3.51. The molecule has 2 unspecified atom stereocenters. The van der Waals surface area contributed by atoms with Crippen LogP contribution in [0.4, 0.5) is 0 Å². The third-order valence-corrected chi connectivity index (χ3v) is 5.84. The lowest BCUT2D eigenvalue weighted by Gasteiger charge is -2.25. The first kappa shape index (κ1) is 15.5. The van der Waals surface area contributed by atoms with Crippen LogP contribution in [0.3, 0.4) is 0 Å². The van der Waals surface area contributed by atoms with E-state index in [4.69, 9.17) is 4.42 Å². The van der Waals surface area contributed by atoms with Crippen molar-refractivity contribution in [2.24, 2.45) is 0 Å². The molecule has 1 aromatic rings. The first-order chi connectivity index (χ1) is 9.50. The molecule has 1 aromatic heterocycles. The fourth-order valence-corrected chi connectivity index (χ4v) is 4.70. The monoisotopic (exact) mass is 300 g/mol. The van der Waals surface area contributed by atoms with Crippen LogP contribution >= 0.6 is 0 Å². The van der Waals surface area contributed by atoms with Crippen molar-refractivity contribution in [3.8, 4) is 0 Å². The second-order valence-corrected chi connectivity index (χ2v) is 7.10. The first-order valence-electron chi connectivity index (χ1n) is 7.33. The predicted octanol–water partition coefficient (Wildman–Crippen LogP) is 2.34. The zero-order chi connectivity index (χ0) is 14.8. The van der Waals surface area contributed by atoms with Crippen LogP contribution in [0, 0.1) is 0 Å². The summed E-state index contributed by atoms with van der Waals surface area (Å²) < 4.78 is 32.6. The minimum absolute atomic E-state index is 0.0484. The number of nitrogens with one attached hydrogen (secondary N) is 1. The Labute approximate surface area is 121 Å². The van der Waals surface area contributed by atoms with Crippen LogP contribution in [-0.2, 0) is 16.6 Å². The fraction of sp³-hybridized carbons (Fsp3) is 0.714. The highest BCUT2D eigenvalue weighted by Crippen LogP contribution is 2.32. The van der Waals surface area contributed by atoms with Crippen molar-refractivity contribution in [3.05, 3.63) is 17.9 Å². The second-order valence-electron chi connectivity index (χ2n) is 5.32. The fourth-order valence-electron chi connectivity index (χ4n) is 2.81. The van der Waals surface area contributed by atoms with E-state index in [-0.39, 0.29) is 17.2 Å². The number of hydrogen-bond donors (Lipinski definition) is 1. The summed E-state index contributed by atoms with van der Waals surface area (Å²) in [4.78, 5) is 0. The summed E-state index contributed by atoms with van der Waals surface area (Å²) in [5.74, 6) is 0.658. The molecule has 0 bridgehead atoms. The van der Waals surface area contributed by atoms with E-state index in [9.17, 15) is 8.42 Å². The third kappa shape index (κ3) is 2.92. The highest BCUT2D eigenvalue weighted by atomic mass is 32.2. The lowest BCUT2D eigenvalue weighted by Crippen LogP contribution is -2.39. The first-order valence-corrected chi connectivity index (χ1v) is 8.77. The van der Waals surface area contributed by atoms with Gasteiger partial charge in [-0.1, -0.05) is 13.8 Å². The van der Waals surface area contributed by atoms with Gasteiger partial charge in [0.15, 0.2) is 0 Å². The molecule has 0 radical (unpaired) electrons. The minimum Gasteiger partial charge on any atom is -0.447 e. The Morgan fingerprint density at radius 2 is 2.10 bits per heavy atom. The molecule has 2 heterocycles. The topological polar surface area (TPSA) is 62.6 Å². The predicted molar refractivity (Wildman–Crippen MR) is 77.9 cm³/mol. The summed E-state index contributed by atoms with van der Waals surface area (Å²) in [5, 5.41) is 3.19. The van der Waals surface area contributed by atoms with Gasteiger partial charge in [-0.2, -0.15) is 4.31 Å². The largest absolute Gasteiger partial charge is 0.447 e. The summed E-state index contributed by atoms with van der Waals surface area (Å²) in [5.41, 5.74) is 0. The maximum Gasteiger partial charge on any atom is 0.276 e. The van der Waals surface area contributed by atoms with E-state index in [2.05, 4.69) is 5.32 Å². The molecule has 2 rings (SSSR count). The van der Waals surface area contributed by atoms with E-state index in [1.807, 2.05) is 20.8 Å². The molecule has 114 valence electrons. The molecule has 2 atom stereocenters. The SMILES string of the molecule is CCNCc1ccc(S(=O)(=O)N2C(C)CCC2CC)o1. The van der Waals surface area contributed by atoms with Crippen molar-refractivity contribution in [2.75, 3.05) is 6.54 Å². The Morgan fingerprint density at radius 3 is 2.75 bits per heavy atom. The molecule has 0 spiro atoms. The van der Waals surface area contributed by atoms with E-state index in [0.29, 0.717) is 12.3 Å². The van der Waals surface area contributed by atoms with E-state index in [1.54, 1.807) is 16.4 Å². The number of nitrogens with zero attached hydrogens (tertiary/aromatic N) is 1. The summed E-state index contributed by atoms with van der Waals surface area (Å²) in [6, 6.07) is 3.45. The van der Waals surface area contributed by atoms with Gasteiger partial charge < -0.3 is 9.73 Å². The van der Waals surface area contributed by atoms with Gasteiger partial charge in [0.25, 0.3) is 10.0 Å². The lowest BCUT2D eigenvalue weighted by atomic mass is 10.2. The van der Waals surface area contributed by atoms with Crippen LogP contribution < -0.4 is 5.32 Å². The molecule has 6 heteroatoms. The Balaban J connectivity index is 2.23. The summed E-state index contributed by atoms with van der Waals surface area (Å²) >= 11 is 0.